The lowest BCUT2D eigenvalue weighted by Gasteiger charge is -2.13. The van der Waals surface area contributed by atoms with Crippen molar-refractivity contribution in [3.05, 3.63) is 75.2 Å². The highest BCUT2D eigenvalue weighted by Crippen LogP contribution is 2.36. The van der Waals surface area contributed by atoms with Crippen LogP contribution in [0.2, 0.25) is 0 Å². The third kappa shape index (κ3) is 3.49. The second-order valence-electron chi connectivity index (χ2n) is 5.78. The standard InChI is InChI=1S/C19H12N2O5S2/c22-18-17(3-1-2-12-4-9-15-16(10-12)26-11-25-15)28-19(27)20(18)13-5-7-14(8-6-13)21(23)24/h1-10H,11H2. The zero-order valence-electron chi connectivity index (χ0n) is 14.2. The summed E-state index contributed by atoms with van der Waals surface area (Å²) in [5.74, 6) is 1.13. The summed E-state index contributed by atoms with van der Waals surface area (Å²) in [6.07, 6.45) is 5.30. The molecule has 0 radical (unpaired) electrons. The number of thioether (sulfide) groups is 1. The van der Waals surface area contributed by atoms with Gasteiger partial charge in [0, 0.05) is 12.1 Å². The van der Waals surface area contributed by atoms with E-state index in [1.165, 1.54) is 40.9 Å². The fraction of sp³-hybridized carbons (Fsp3) is 0.0526. The van der Waals surface area contributed by atoms with Crippen molar-refractivity contribution in [1.82, 2.24) is 0 Å². The number of ether oxygens (including phenoxy) is 2. The van der Waals surface area contributed by atoms with Crippen LogP contribution in [0.25, 0.3) is 6.08 Å². The van der Waals surface area contributed by atoms with E-state index >= 15 is 0 Å². The van der Waals surface area contributed by atoms with Gasteiger partial charge in [-0.15, -0.1) is 0 Å². The maximum Gasteiger partial charge on any atom is 0.270 e. The molecule has 2 aliphatic heterocycles. The van der Waals surface area contributed by atoms with E-state index in [1.54, 1.807) is 12.2 Å². The summed E-state index contributed by atoms with van der Waals surface area (Å²) < 4.78 is 11.0. The van der Waals surface area contributed by atoms with Crippen LogP contribution >= 0.6 is 24.0 Å². The minimum absolute atomic E-state index is 0.0450. The van der Waals surface area contributed by atoms with Gasteiger partial charge in [0.25, 0.3) is 11.6 Å². The van der Waals surface area contributed by atoms with Crippen LogP contribution in [0.15, 0.2) is 59.5 Å². The molecule has 7 nitrogen and oxygen atoms in total. The van der Waals surface area contributed by atoms with Crippen molar-refractivity contribution in [2.45, 2.75) is 0 Å². The summed E-state index contributed by atoms with van der Waals surface area (Å²) in [5.41, 5.74) is 1.36. The SMILES string of the molecule is O=C1C(=CC=Cc2ccc3c(c2)OCO3)SC(=S)N1c1ccc([N+](=O)[O-])cc1. The Morgan fingerprint density at radius 3 is 2.64 bits per heavy atom. The fourth-order valence-electron chi connectivity index (χ4n) is 2.69. The third-order valence-corrected chi connectivity index (χ3v) is 5.37. The molecule has 0 unspecified atom stereocenters. The Hall–Kier alpha value is -3.17. The molecule has 1 saturated heterocycles. The maximum atomic E-state index is 12.7. The minimum atomic E-state index is -0.491. The summed E-state index contributed by atoms with van der Waals surface area (Å²) in [6.45, 7) is 0.216. The number of nitro benzene ring substituents is 1. The molecule has 0 N–H and O–H groups in total. The molecular weight excluding hydrogens is 400 g/mol. The first-order valence-electron chi connectivity index (χ1n) is 8.12. The number of non-ortho nitro benzene ring substituents is 1. The van der Waals surface area contributed by atoms with Crippen molar-refractivity contribution in [3.63, 3.8) is 0 Å². The molecular formula is C19H12N2O5S2. The van der Waals surface area contributed by atoms with Crippen molar-refractivity contribution in [2.24, 2.45) is 0 Å². The number of fused-ring (bicyclic) bond motifs is 1. The molecule has 2 aliphatic rings. The Kier molecular flexibility index (Phi) is 4.84. The van der Waals surface area contributed by atoms with Gasteiger partial charge in [0.2, 0.25) is 6.79 Å². The quantitative estimate of drug-likeness (QED) is 0.321. The lowest BCUT2D eigenvalue weighted by Crippen LogP contribution is -2.27. The number of hydrogen-bond donors (Lipinski definition) is 0. The zero-order valence-corrected chi connectivity index (χ0v) is 15.9. The minimum Gasteiger partial charge on any atom is -0.454 e. The van der Waals surface area contributed by atoms with E-state index in [0.29, 0.717) is 26.4 Å². The van der Waals surface area contributed by atoms with Crippen LogP contribution in [0, 0.1) is 10.1 Å². The highest BCUT2D eigenvalue weighted by Gasteiger charge is 2.33. The second kappa shape index (κ2) is 7.45. The van der Waals surface area contributed by atoms with Crippen LogP contribution in [-0.4, -0.2) is 21.9 Å². The van der Waals surface area contributed by atoms with Crippen molar-refractivity contribution >= 4 is 51.7 Å². The van der Waals surface area contributed by atoms with Gasteiger partial charge in [-0.2, -0.15) is 0 Å². The first-order valence-corrected chi connectivity index (χ1v) is 9.34. The van der Waals surface area contributed by atoms with Crippen LogP contribution in [0.3, 0.4) is 0 Å². The molecule has 28 heavy (non-hydrogen) atoms. The number of allylic oxidation sites excluding steroid dienone is 2. The van der Waals surface area contributed by atoms with Gasteiger partial charge in [-0.25, -0.2) is 0 Å². The molecule has 2 heterocycles. The summed E-state index contributed by atoms with van der Waals surface area (Å²) >= 11 is 6.48. The number of hydrogen-bond acceptors (Lipinski definition) is 7. The molecule has 0 saturated carbocycles. The van der Waals surface area contributed by atoms with E-state index in [9.17, 15) is 14.9 Å². The lowest BCUT2D eigenvalue weighted by atomic mass is 10.2. The third-order valence-electron chi connectivity index (χ3n) is 4.05. The maximum absolute atomic E-state index is 12.7. The molecule has 2 aromatic carbocycles. The first-order chi connectivity index (χ1) is 13.5. The van der Waals surface area contributed by atoms with Gasteiger partial charge in [0.15, 0.2) is 15.8 Å². The Bertz CT molecular complexity index is 1050. The molecule has 1 amide bonds. The topological polar surface area (TPSA) is 81.9 Å². The van der Waals surface area contributed by atoms with Crippen molar-refractivity contribution in [2.75, 3.05) is 11.7 Å². The number of amides is 1. The summed E-state index contributed by atoms with van der Waals surface area (Å²) in [4.78, 5) is 24.8. The predicted octanol–water partition coefficient (Wildman–Crippen LogP) is 4.29. The fourth-order valence-corrected chi connectivity index (χ4v) is 3.94. The van der Waals surface area contributed by atoms with Crippen molar-refractivity contribution in [1.29, 1.82) is 0 Å². The molecule has 0 aliphatic carbocycles. The Labute approximate surface area is 169 Å². The van der Waals surface area contributed by atoms with E-state index in [0.717, 1.165) is 5.56 Å². The van der Waals surface area contributed by atoms with Gasteiger partial charge in [-0.1, -0.05) is 42.2 Å². The smallest absolute Gasteiger partial charge is 0.270 e. The summed E-state index contributed by atoms with van der Waals surface area (Å²) in [6, 6.07) is 11.3. The largest absolute Gasteiger partial charge is 0.454 e. The molecule has 9 heteroatoms. The van der Waals surface area contributed by atoms with Crippen molar-refractivity contribution in [3.8, 4) is 11.5 Å². The molecule has 140 valence electrons. The number of thiocarbonyl (C=S) groups is 1. The van der Waals surface area contributed by atoms with Crippen molar-refractivity contribution < 1.29 is 19.2 Å². The van der Waals surface area contributed by atoms with E-state index in [4.69, 9.17) is 21.7 Å². The highest BCUT2D eigenvalue weighted by atomic mass is 32.2. The van der Waals surface area contributed by atoms with Crippen LogP contribution in [-0.2, 0) is 4.79 Å². The molecule has 4 rings (SSSR count). The Morgan fingerprint density at radius 1 is 1.14 bits per heavy atom. The predicted molar refractivity (Wildman–Crippen MR) is 110 cm³/mol. The first kappa shape index (κ1) is 18.2. The van der Waals surface area contributed by atoms with Gasteiger partial charge in [0.1, 0.15) is 0 Å². The van der Waals surface area contributed by atoms with E-state index in [2.05, 4.69) is 0 Å². The molecule has 0 atom stereocenters. The Morgan fingerprint density at radius 2 is 1.89 bits per heavy atom. The molecule has 1 fully saturated rings. The van der Waals surface area contributed by atoms with Gasteiger partial charge in [-0.3, -0.25) is 19.8 Å². The zero-order chi connectivity index (χ0) is 19.7. The Balaban J connectivity index is 1.51. The number of benzene rings is 2. The number of nitro groups is 1. The van der Waals surface area contributed by atoms with E-state index < -0.39 is 4.92 Å². The van der Waals surface area contributed by atoms with Crippen LogP contribution < -0.4 is 14.4 Å². The average Bonchev–Trinajstić information content (AvgIpc) is 3.26. The van der Waals surface area contributed by atoms with Gasteiger partial charge >= 0.3 is 0 Å². The molecule has 0 bridgehead atoms. The molecule has 2 aromatic rings. The molecule has 0 spiro atoms. The average molecular weight is 412 g/mol. The number of rotatable bonds is 4. The number of nitrogens with zero attached hydrogens (tertiary/aromatic N) is 2. The van der Waals surface area contributed by atoms with Gasteiger partial charge in [0.05, 0.1) is 15.5 Å². The van der Waals surface area contributed by atoms with Gasteiger partial charge in [-0.05, 0) is 35.9 Å². The number of carbonyl (C=O) groups is 1. The monoisotopic (exact) mass is 412 g/mol. The van der Waals surface area contributed by atoms with E-state index in [-0.39, 0.29) is 18.4 Å². The van der Waals surface area contributed by atoms with E-state index in [1.807, 2.05) is 24.3 Å². The summed E-state index contributed by atoms with van der Waals surface area (Å²) in [5, 5.41) is 10.8. The van der Waals surface area contributed by atoms with Crippen LogP contribution in [0.5, 0.6) is 11.5 Å². The normalized spacial score (nSPS) is 17.1. The lowest BCUT2D eigenvalue weighted by molar-refractivity contribution is -0.384. The number of anilines is 1. The van der Waals surface area contributed by atoms with Crippen LogP contribution in [0.1, 0.15) is 5.56 Å². The summed E-state index contributed by atoms with van der Waals surface area (Å²) in [7, 11) is 0. The number of carbonyl (C=O) groups excluding carboxylic acids is 1. The van der Waals surface area contributed by atoms with Crippen LogP contribution in [0.4, 0.5) is 11.4 Å². The second-order valence-corrected chi connectivity index (χ2v) is 7.46. The highest BCUT2D eigenvalue weighted by molar-refractivity contribution is 8.27. The van der Waals surface area contributed by atoms with Gasteiger partial charge < -0.3 is 9.47 Å². The molecule has 0 aromatic heterocycles.